The van der Waals surface area contributed by atoms with Crippen molar-refractivity contribution < 1.29 is 26.8 Å². The fourth-order valence-corrected chi connectivity index (χ4v) is 8.39. The maximum atomic E-state index is 15.9. The van der Waals surface area contributed by atoms with Crippen LogP contribution in [0.5, 0.6) is 0 Å². The molecule has 0 unspecified atom stereocenters. The van der Waals surface area contributed by atoms with Gasteiger partial charge in [-0.1, -0.05) is 11.6 Å². The van der Waals surface area contributed by atoms with E-state index in [0.717, 1.165) is 0 Å². The first-order chi connectivity index (χ1) is 22.3. The number of alkyl halides is 2. The second-order valence-corrected chi connectivity index (χ2v) is 14.8. The van der Waals surface area contributed by atoms with Crippen LogP contribution < -0.4 is 27.0 Å². The van der Waals surface area contributed by atoms with Crippen LogP contribution in [0.2, 0.25) is 5.15 Å². The summed E-state index contributed by atoms with van der Waals surface area (Å²) in [5, 5.41) is -0.0761. The molecule has 5 rings (SSSR count). The van der Waals surface area contributed by atoms with Gasteiger partial charge in [0.2, 0.25) is 21.8 Å². The molecule has 258 valence electrons. The number of amides is 2. The van der Waals surface area contributed by atoms with Crippen molar-refractivity contribution >= 4 is 44.9 Å². The summed E-state index contributed by atoms with van der Waals surface area (Å²) < 4.78 is 60.0. The number of carbonyl (C=O) groups excluding carboxylic acids is 2. The van der Waals surface area contributed by atoms with Gasteiger partial charge in [0.15, 0.2) is 0 Å². The Morgan fingerprint density at radius 1 is 1.00 bits per heavy atom. The number of carbonyl (C=O) groups is 2. The molecular formula is C31H43ClF2N8O4S. The topological polar surface area (TPSA) is 172 Å². The van der Waals surface area contributed by atoms with E-state index in [2.05, 4.69) is 4.98 Å². The van der Waals surface area contributed by atoms with E-state index in [1.165, 1.54) is 28.6 Å². The quantitative estimate of drug-likeness (QED) is 0.297. The van der Waals surface area contributed by atoms with E-state index in [0.29, 0.717) is 51.3 Å². The third-order valence-electron chi connectivity index (χ3n) is 9.37. The number of benzene rings is 1. The van der Waals surface area contributed by atoms with E-state index in [4.69, 9.17) is 28.8 Å². The molecule has 2 aliphatic heterocycles. The van der Waals surface area contributed by atoms with Gasteiger partial charge in [-0.15, -0.1) is 0 Å². The highest BCUT2D eigenvalue weighted by molar-refractivity contribution is 7.89. The molecule has 0 radical (unpaired) electrons. The molecule has 3 heterocycles. The van der Waals surface area contributed by atoms with Crippen molar-refractivity contribution in [3.8, 4) is 0 Å². The average molecular weight is 697 g/mol. The average Bonchev–Trinajstić information content (AvgIpc) is 3.41. The molecule has 1 aromatic heterocycles. The number of nitrogens with zero attached hydrogens (tertiary/aromatic N) is 5. The fourth-order valence-electron chi connectivity index (χ4n) is 6.77. The Bertz CT molecular complexity index is 1530. The zero-order chi connectivity index (χ0) is 33.9. The number of pyridine rings is 1. The Labute approximate surface area is 279 Å². The lowest BCUT2D eigenvalue weighted by Gasteiger charge is -2.36. The maximum absolute atomic E-state index is 15.9. The molecule has 1 saturated carbocycles. The number of piperazine rings is 1. The predicted molar refractivity (Wildman–Crippen MR) is 176 cm³/mol. The van der Waals surface area contributed by atoms with Crippen molar-refractivity contribution in [3.63, 3.8) is 0 Å². The van der Waals surface area contributed by atoms with Crippen molar-refractivity contribution in [3.05, 3.63) is 47.1 Å². The summed E-state index contributed by atoms with van der Waals surface area (Å²) in [6, 6.07) is 8.40. The number of hydrogen-bond donors (Lipinski definition) is 3. The van der Waals surface area contributed by atoms with Crippen LogP contribution in [0.15, 0.2) is 41.3 Å². The van der Waals surface area contributed by atoms with Gasteiger partial charge in [-0.3, -0.25) is 9.59 Å². The zero-order valence-electron chi connectivity index (χ0n) is 26.2. The molecule has 2 aromatic rings. The van der Waals surface area contributed by atoms with Gasteiger partial charge in [-0.25, -0.2) is 22.2 Å². The summed E-state index contributed by atoms with van der Waals surface area (Å²) in [7, 11) is -3.84. The minimum Gasteiger partial charge on any atom is -0.354 e. The van der Waals surface area contributed by atoms with Gasteiger partial charge >= 0.3 is 0 Å². The Morgan fingerprint density at radius 2 is 1.62 bits per heavy atom. The summed E-state index contributed by atoms with van der Waals surface area (Å²) in [5.74, 6) is -4.44. The van der Waals surface area contributed by atoms with Gasteiger partial charge in [0.1, 0.15) is 11.0 Å². The van der Waals surface area contributed by atoms with E-state index >= 15 is 8.78 Å². The van der Waals surface area contributed by atoms with Crippen molar-refractivity contribution in [1.82, 2.24) is 14.2 Å². The van der Waals surface area contributed by atoms with E-state index < -0.39 is 21.9 Å². The largest absolute Gasteiger partial charge is 0.354 e. The molecule has 3 aliphatic rings. The summed E-state index contributed by atoms with van der Waals surface area (Å²) in [4.78, 5) is 34.4. The van der Waals surface area contributed by atoms with Crippen molar-refractivity contribution in [2.24, 2.45) is 29.0 Å². The predicted octanol–water partition coefficient (Wildman–Crippen LogP) is 1.95. The second-order valence-electron chi connectivity index (χ2n) is 12.5. The number of aromatic nitrogens is 1. The highest BCUT2D eigenvalue weighted by atomic mass is 35.5. The van der Waals surface area contributed by atoms with Crippen molar-refractivity contribution in [2.45, 2.75) is 49.0 Å². The first-order valence-corrected chi connectivity index (χ1v) is 17.8. The number of sulfonamides is 1. The Hall–Kier alpha value is -2.95. The summed E-state index contributed by atoms with van der Waals surface area (Å²) in [5.41, 5.74) is 17.5. The van der Waals surface area contributed by atoms with E-state index in [1.54, 1.807) is 26.8 Å². The molecule has 1 aliphatic carbocycles. The van der Waals surface area contributed by atoms with Crippen LogP contribution in [0.4, 0.5) is 20.3 Å². The zero-order valence-corrected chi connectivity index (χ0v) is 27.8. The monoisotopic (exact) mass is 696 g/mol. The van der Waals surface area contributed by atoms with Gasteiger partial charge in [0.25, 0.3) is 5.92 Å². The first-order valence-electron chi connectivity index (χ1n) is 16.0. The molecule has 12 nitrogen and oxygen atoms in total. The number of anilines is 2. The Balaban J connectivity index is 1.21. The molecule has 1 atom stereocenters. The SMILES string of the molecule is NCCN(CCN)C(=O)C1CCC(C(F)(F)c2cc(Cl)nc(N3CCN(S(=O)(=O)c4ccc(N5C[C@H](N)CC5=O)cc4)CC3)c2)CC1. The van der Waals surface area contributed by atoms with Crippen LogP contribution in [0, 0.1) is 11.8 Å². The Kier molecular flexibility index (Phi) is 11.0. The number of rotatable bonds is 11. The number of nitrogens with two attached hydrogens (primary N) is 3. The molecule has 3 fully saturated rings. The lowest BCUT2D eigenvalue weighted by atomic mass is 9.77. The second kappa shape index (κ2) is 14.7. The van der Waals surface area contributed by atoms with Gasteiger partial charge < -0.3 is 31.9 Å². The van der Waals surface area contributed by atoms with Crippen LogP contribution in [0.25, 0.3) is 0 Å². The lowest BCUT2D eigenvalue weighted by molar-refractivity contribution is -0.139. The standard InChI is InChI=1S/C31H43ClF2N8O4S/c32-27-17-23(31(33,34)22-3-1-21(2-4-22)30(44)40(11-9-35)12-10-36)18-28(38-27)39-13-15-41(16-14-39)47(45,46)26-7-5-25(6-8-26)42-20-24(37)19-29(42)43/h5-8,17-18,21-22,24H,1-4,9-16,19-20,35-37H2/t21?,22?,24-/m1/s1. The van der Waals surface area contributed by atoms with E-state index in [-0.39, 0.29) is 90.6 Å². The van der Waals surface area contributed by atoms with Gasteiger partial charge in [-0.05, 0) is 62.1 Å². The van der Waals surface area contributed by atoms with Crippen molar-refractivity contribution in [2.75, 3.05) is 68.7 Å². The molecule has 2 saturated heterocycles. The van der Waals surface area contributed by atoms with Crippen LogP contribution >= 0.6 is 11.6 Å². The lowest BCUT2D eigenvalue weighted by Crippen LogP contribution is -2.49. The molecule has 2 amide bonds. The van der Waals surface area contributed by atoms with Gasteiger partial charge in [0, 0.05) is 94.5 Å². The molecule has 47 heavy (non-hydrogen) atoms. The van der Waals surface area contributed by atoms with Crippen LogP contribution in [0.3, 0.4) is 0 Å². The summed E-state index contributed by atoms with van der Waals surface area (Å²) in [6.45, 7) is 2.45. The third kappa shape index (κ3) is 7.70. The first kappa shape index (κ1) is 35.4. The number of halogens is 3. The van der Waals surface area contributed by atoms with E-state index in [9.17, 15) is 18.0 Å². The summed E-state index contributed by atoms with van der Waals surface area (Å²) in [6.07, 6.45) is 1.30. The smallest absolute Gasteiger partial charge is 0.276 e. The highest BCUT2D eigenvalue weighted by Crippen LogP contribution is 2.46. The highest BCUT2D eigenvalue weighted by Gasteiger charge is 2.45. The van der Waals surface area contributed by atoms with Crippen LogP contribution in [-0.4, -0.2) is 99.4 Å². The van der Waals surface area contributed by atoms with Gasteiger partial charge in [0.05, 0.1) is 4.90 Å². The summed E-state index contributed by atoms with van der Waals surface area (Å²) >= 11 is 6.25. The molecule has 16 heteroatoms. The molecular weight excluding hydrogens is 654 g/mol. The third-order valence-corrected chi connectivity index (χ3v) is 11.5. The van der Waals surface area contributed by atoms with Crippen LogP contribution in [0.1, 0.15) is 37.7 Å². The minimum absolute atomic E-state index is 0.0761. The fraction of sp³-hybridized carbons (Fsp3) is 0.581. The van der Waals surface area contributed by atoms with Crippen molar-refractivity contribution in [1.29, 1.82) is 0 Å². The van der Waals surface area contributed by atoms with Gasteiger partial charge in [-0.2, -0.15) is 4.31 Å². The minimum atomic E-state index is -3.84. The van der Waals surface area contributed by atoms with Crippen LogP contribution in [-0.2, 0) is 25.5 Å². The Morgan fingerprint density at radius 3 is 2.17 bits per heavy atom. The normalized spacial score (nSPS) is 22.9. The molecule has 0 spiro atoms. The molecule has 1 aromatic carbocycles. The molecule has 6 N–H and O–H groups in total. The maximum Gasteiger partial charge on any atom is 0.276 e. The number of hydrogen-bond acceptors (Lipinski definition) is 9. The van der Waals surface area contributed by atoms with E-state index in [1.807, 2.05) is 0 Å². The molecule has 0 bridgehead atoms.